The summed E-state index contributed by atoms with van der Waals surface area (Å²) in [5, 5.41) is 9.93. The van der Waals surface area contributed by atoms with Crippen molar-refractivity contribution in [3.63, 3.8) is 0 Å². The first-order valence-corrected chi connectivity index (χ1v) is 12.0. The molecule has 0 saturated carbocycles. The first kappa shape index (κ1) is 25.4. The normalized spacial score (nSPS) is 10.9. The third-order valence-corrected chi connectivity index (χ3v) is 5.73. The average Bonchev–Trinajstić information content (AvgIpc) is 3.44. The molecule has 0 atom stereocenters. The van der Waals surface area contributed by atoms with Crippen LogP contribution in [0.4, 0.5) is 10.7 Å². The van der Waals surface area contributed by atoms with Gasteiger partial charge in [0.05, 0.1) is 16.7 Å². The van der Waals surface area contributed by atoms with E-state index < -0.39 is 12.0 Å². The number of benzene rings is 2. The smallest absolute Gasteiger partial charge is 0.407 e. The summed E-state index contributed by atoms with van der Waals surface area (Å²) in [6.45, 7) is 5.24. The molecular formula is C26H29N7O4. The minimum Gasteiger partial charge on any atom is -0.445 e. The van der Waals surface area contributed by atoms with Crippen LogP contribution in [0.2, 0.25) is 0 Å². The summed E-state index contributed by atoms with van der Waals surface area (Å²) in [6.07, 6.45) is 0.0281. The monoisotopic (exact) mass is 503 g/mol. The molecule has 0 saturated heterocycles. The molecule has 11 heteroatoms. The molecule has 2 aromatic heterocycles. The Hall–Kier alpha value is -4.67. The zero-order valence-electron chi connectivity index (χ0n) is 20.7. The Bertz CT molecular complexity index is 1430. The van der Waals surface area contributed by atoms with Crippen LogP contribution in [0.5, 0.6) is 0 Å². The first-order chi connectivity index (χ1) is 17.9. The fourth-order valence-electron chi connectivity index (χ4n) is 3.94. The van der Waals surface area contributed by atoms with E-state index in [0.29, 0.717) is 54.3 Å². The first-order valence-electron chi connectivity index (χ1n) is 12.0. The zero-order chi connectivity index (χ0) is 26.4. The third-order valence-electron chi connectivity index (χ3n) is 5.73. The number of nitrogens with zero attached hydrogens (tertiary/aromatic N) is 4. The number of hydrogen-bond acceptors (Lipinski definition) is 6. The maximum Gasteiger partial charge on any atom is 0.407 e. The van der Waals surface area contributed by atoms with E-state index in [1.807, 2.05) is 48.7 Å². The number of fused-ring (bicyclic) bond motifs is 1. The highest BCUT2D eigenvalue weighted by molar-refractivity contribution is 6.03. The number of ether oxygens (including phenoxy) is 1. The van der Waals surface area contributed by atoms with Crippen molar-refractivity contribution >= 4 is 34.9 Å². The Labute approximate surface area is 213 Å². The predicted octanol–water partition coefficient (Wildman–Crippen LogP) is 3.23. The summed E-state index contributed by atoms with van der Waals surface area (Å²) in [7, 11) is 0. The van der Waals surface area contributed by atoms with Gasteiger partial charge < -0.3 is 20.4 Å². The Morgan fingerprint density at radius 1 is 1.08 bits per heavy atom. The fourth-order valence-corrected chi connectivity index (χ4v) is 3.94. The number of hydrogen-bond donors (Lipinski definition) is 3. The van der Waals surface area contributed by atoms with Crippen molar-refractivity contribution < 1.29 is 19.1 Å². The molecule has 0 aliphatic carbocycles. The van der Waals surface area contributed by atoms with Crippen LogP contribution in [0.25, 0.3) is 11.0 Å². The van der Waals surface area contributed by atoms with E-state index in [4.69, 9.17) is 10.5 Å². The minimum atomic E-state index is -0.567. The molecule has 0 fully saturated rings. The second-order valence-electron chi connectivity index (χ2n) is 8.44. The molecule has 3 amide bonds. The standard InChI is InChI=1S/C26H29N7O4/c1-3-33-22(14-17(2)31-33)24(35)30-25-29-20-15-19(23(27)34)10-11-21(20)32(25)13-7-12-28-26(36)37-16-18-8-5-4-6-9-18/h4-6,8-11,14-15H,3,7,12-13,16H2,1-2H3,(H2,27,34)(H,28,36)(H,29,30,35). The fraction of sp³-hybridized carbons (Fsp3) is 0.269. The van der Waals surface area contributed by atoms with Crippen LogP contribution in [-0.2, 0) is 24.4 Å². The summed E-state index contributed by atoms with van der Waals surface area (Å²) in [4.78, 5) is 41.3. The lowest BCUT2D eigenvalue weighted by molar-refractivity contribution is 0.0996. The van der Waals surface area contributed by atoms with Gasteiger partial charge in [-0.15, -0.1) is 0 Å². The summed E-state index contributed by atoms with van der Waals surface area (Å²) in [6, 6.07) is 16.1. The van der Waals surface area contributed by atoms with Gasteiger partial charge in [-0.25, -0.2) is 9.78 Å². The van der Waals surface area contributed by atoms with Crippen molar-refractivity contribution in [1.82, 2.24) is 24.6 Å². The largest absolute Gasteiger partial charge is 0.445 e. The Morgan fingerprint density at radius 3 is 2.59 bits per heavy atom. The lowest BCUT2D eigenvalue weighted by Gasteiger charge is -2.11. The van der Waals surface area contributed by atoms with Crippen molar-refractivity contribution in [3.8, 4) is 0 Å². The van der Waals surface area contributed by atoms with Gasteiger partial charge in [0.25, 0.3) is 5.91 Å². The summed E-state index contributed by atoms with van der Waals surface area (Å²) < 4.78 is 8.69. The number of imidazole rings is 1. The highest BCUT2D eigenvalue weighted by atomic mass is 16.5. The van der Waals surface area contributed by atoms with Gasteiger partial charge in [-0.3, -0.25) is 19.6 Å². The Morgan fingerprint density at radius 2 is 1.86 bits per heavy atom. The Balaban J connectivity index is 1.46. The second-order valence-corrected chi connectivity index (χ2v) is 8.44. The molecule has 37 heavy (non-hydrogen) atoms. The number of nitrogens with one attached hydrogen (secondary N) is 2. The molecule has 4 aromatic rings. The van der Waals surface area contributed by atoms with Crippen molar-refractivity contribution in [1.29, 1.82) is 0 Å². The molecule has 11 nitrogen and oxygen atoms in total. The lowest BCUT2D eigenvalue weighted by atomic mass is 10.2. The van der Waals surface area contributed by atoms with Crippen LogP contribution in [0.1, 0.15) is 45.4 Å². The van der Waals surface area contributed by atoms with E-state index >= 15 is 0 Å². The maximum absolute atomic E-state index is 13.0. The van der Waals surface area contributed by atoms with Crippen LogP contribution in [0, 0.1) is 6.92 Å². The van der Waals surface area contributed by atoms with Gasteiger partial charge in [0.1, 0.15) is 12.3 Å². The third kappa shape index (κ3) is 6.13. The molecule has 4 N–H and O–H groups in total. The highest BCUT2D eigenvalue weighted by Crippen LogP contribution is 2.22. The lowest BCUT2D eigenvalue weighted by Crippen LogP contribution is -2.26. The molecule has 0 unspecified atom stereocenters. The molecule has 4 rings (SSSR count). The molecule has 0 spiro atoms. The molecule has 0 aliphatic rings. The van der Waals surface area contributed by atoms with Crippen molar-refractivity contribution in [2.75, 3.05) is 11.9 Å². The second kappa shape index (κ2) is 11.4. The number of anilines is 1. The van der Waals surface area contributed by atoms with E-state index in [1.165, 1.54) is 0 Å². The van der Waals surface area contributed by atoms with Crippen molar-refractivity contribution in [2.45, 2.75) is 40.0 Å². The van der Waals surface area contributed by atoms with Crippen LogP contribution in [0.3, 0.4) is 0 Å². The number of nitrogens with two attached hydrogens (primary N) is 1. The summed E-state index contributed by atoms with van der Waals surface area (Å²) >= 11 is 0. The molecule has 192 valence electrons. The summed E-state index contributed by atoms with van der Waals surface area (Å²) in [5.74, 6) is -0.603. The van der Waals surface area contributed by atoms with E-state index in [2.05, 4.69) is 20.7 Å². The van der Waals surface area contributed by atoms with Gasteiger partial charge in [-0.2, -0.15) is 5.10 Å². The average molecular weight is 504 g/mol. The molecular weight excluding hydrogens is 474 g/mol. The van der Waals surface area contributed by atoms with Crippen LogP contribution in [0.15, 0.2) is 54.6 Å². The number of rotatable bonds is 10. The van der Waals surface area contributed by atoms with Gasteiger partial charge >= 0.3 is 6.09 Å². The zero-order valence-corrected chi connectivity index (χ0v) is 20.7. The van der Waals surface area contributed by atoms with E-state index in [1.54, 1.807) is 28.9 Å². The molecule has 0 aliphatic heterocycles. The van der Waals surface area contributed by atoms with Crippen molar-refractivity contribution in [3.05, 3.63) is 77.1 Å². The van der Waals surface area contributed by atoms with E-state index in [0.717, 1.165) is 11.3 Å². The van der Waals surface area contributed by atoms with E-state index in [9.17, 15) is 14.4 Å². The van der Waals surface area contributed by atoms with Gasteiger partial charge in [0.15, 0.2) is 0 Å². The number of aromatic nitrogens is 4. The summed E-state index contributed by atoms with van der Waals surface area (Å²) in [5.41, 5.74) is 9.02. The topological polar surface area (TPSA) is 146 Å². The van der Waals surface area contributed by atoms with Crippen molar-refractivity contribution in [2.24, 2.45) is 5.73 Å². The number of aryl methyl sites for hydroxylation is 3. The number of carbonyl (C=O) groups is 3. The number of carbonyl (C=O) groups excluding carboxylic acids is 3. The molecule has 0 bridgehead atoms. The van der Waals surface area contributed by atoms with Gasteiger partial charge in [-0.1, -0.05) is 30.3 Å². The van der Waals surface area contributed by atoms with Crippen LogP contribution in [-0.4, -0.2) is 43.8 Å². The quantitative estimate of drug-likeness (QED) is 0.283. The minimum absolute atomic E-state index is 0.186. The molecule has 2 aromatic carbocycles. The van der Waals surface area contributed by atoms with Gasteiger partial charge in [0, 0.05) is 25.2 Å². The number of alkyl carbamates (subject to hydrolysis) is 1. The highest BCUT2D eigenvalue weighted by Gasteiger charge is 2.19. The number of amides is 3. The SMILES string of the molecule is CCn1nc(C)cc1C(=O)Nc1nc2cc(C(N)=O)ccc2n1CCCNC(=O)OCc1ccccc1. The number of primary amides is 1. The molecule has 0 radical (unpaired) electrons. The van der Waals surface area contributed by atoms with Crippen LogP contribution >= 0.6 is 0 Å². The van der Waals surface area contributed by atoms with Crippen LogP contribution < -0.4 is 16.4 Å². The van der Waals surface area contributed by atoms with Gasteiger partial charge in [-0.05, 0) is 50.1 Å². The maximum atomic E-state index is 13.0. The molecule has 2 heterocycles. The van der Waals surface area contributed by atoms with E-state index in [-0.39, 0.29) is 12.5 Å². The van der Waals surface area contributed by atoms with Gasteiger partial charge in [0.2, 0.25) is 11.9 Å². The predicted molar refractivity (Wildman–Crippen MR) is 138 cm³/mol. The Kier molecular flexibility index (Phi) is 7.82.